The molecule has 0 aliphatic carbocycles. The van der Waals surface area contributed by atoms with E-state index in [2.05, 4.69) is 4.98 Å². The second kappa shape index (κ2) is 5.94. The van der Waals surface area contributed by atoms with Gasteiger partial charge < -0.3 is 10.0 Å². The zero-order valence-electron chi connectivity index (χ0n) is 10.7. The van der Waals surface area contributed by atoms with Gasteiger partial charge >= 0.3 is 5.97 Å². The first-order chi connectivity index (χ1) is 9.50. The molecule has 7 heteroatoms. The first-order valence-electron chi connectivity index (χ1n) is 6.33. The second-order valence-corrected chi connectivity index (χ2v) is 4.71. The van der Waals surface area contributed by atoms with Crippen molar-refractivity contribution < 1.29 is 23.5 Å². The molecule has 0 bridgehead atoms. The summed E-state index contributed by atoms with van der Waals surface area (Å²) in [6.07, 6.45) is 2.90. The Hall–Kier alpha value is -2.05. The van der Waals surface area contributed by atoms with Crippen LogP contribution in [0, 0.1) is 11.8 Å². The van der Waals surface area contributed by atoms with E-state index in [4.69, 9.17) is 5.11 Å². The molecule has 2 rings (SSSR count). The lowest BCUT2D eigenvalue weighted by Gasteiger charge is -2.35. The van der Waals surface area contributed by atoms with Gasteiger partial charge in [0.05, 0.1) is 12.0 Å². The summed E-state index contributed by atoms with van der Waals surface area (Å²) in [6.45, 7) is 0.347. The fourth-order valence-electron chi connectivity index (χ4n) is 2.42. The van der Waals surface area contributed by atoms with E-state index in [1.807, 2.05) is 0 Å². The summed E-state index contributed by atoms with van der Waals surface area (Å²) in [4.78, 5) is 27.5. The normalized spacial score (nSPS) is 18.9. The maximum absolute atomic E-state index is 13.6. The summed E-state index contributed by atoms with van der Waals surface area (Å²) in [6, 6.07) is 0.622. The van der Waals surface area contributed by atoms with Gasteiger partial charge in [-0.05, 0) is 25.3 Å². The van der Waals surface area contributed by atoms with Crippen LogP contribution in [0.1, 0.15) is 36.0 Å². The van der Waals surface area contributed by atoms with Crippen LogP contribution in [-0.4, -0.2) is 39.5 Å². The Balaban J connectivity index is 2.25. The van der Waals surface area contributed by atoms with E-state index < -0.39 is 35.2 Å². The number of aromatic nitrogens is 1. The molecule has 1 saturated heterocycles. The minimum Gasteiger partial charge on any atom is -0.481 e. The van der Waals surface area contributed by atoms with Gasteiger partial charge in [0.1, 0.15) is 0 Å². The molecular weight excluding hydrogens is 270 g/mol. The zero-order valence-corrected chi connectivity index (χ0v) is 10.7. The van der Waals surface area contributed by atoms with E-state index in [9.17, 15) is 18.4 Å². The fraction of sp³-hybridized carbons (Fsp3) is 0.462. The highest BCUT2D eigenvalue weighted by molar-refractivity contribution is 5.94. The minimum atomic E-state index is -1.33. The van der Waals surface area contributed by atoms with Crippen molar-refractivity contribution in [2.24, 2.45) is 0 Å². The number of nitrogens with zero attached hydrogens (tertiary/aromatic N) is 2. The summed E-state index contributed by atoms with van der Waals surface area (Å²) in [5.41, 5.74) is -0.408. The summed E-state index contributed by atoms with van der Waals surface area (Å²) in [5, 5.41) is 8.85. The number of carbonyl (C=O) groups is 2. The van der Waals surface area contributed by atoms with Crippen LogP contribution in [0.5, 0.6) is 0 Å². The number of amides is 1. The molecule has 1 fully saturated rings. The van der Waals surface area contributed by atoms with Crippen LogP contribution in [0.2, 0.25) is 0 Å². The molecule has 1 aromatic rings. The van der Waals surface area contributed by atoms with Gasteiger partial charge in [-0.3, -0.25) is 9.59 Å². The molecule has 1 amide bonds. The summed E-state index contributed by atoms with van der Waals surface area (Å²) < 4.78 is 26.7. The maximum atomic E-state index is 13.6. The van der Waals surface area contributed by atoms with Crippen molar-refractivity contribution in [2.45, 2.75) is 31.7 Å². The number of pyridine rings is 1. The number of aliphatic carboxylic acids is 1. The summed E-state index contributed by atoms with van der Waals surface area (Å²) in [7, 11) is 0. The predicted molar refractivity (Wildman–Crippen MR) is 65.1 cm³/mol. The van der Waals surface area contributed by atoms with E-state index in [1.54, 1.807) is 0 Å². The number of rotatable bonds is 3. The summed E-state index contributed by atoms with van der Waals surface area (Å²) >= 11 is 0. The Morgan fingerprint density at radius 1 is 1.40 bits per heavy atom. The van der Waals surface area contributed by atoms with Crippen LogP contribution < -0.4 is 0 Å². The van der Waals surface area contributed by atoms with Crippen LogP contribution in [0.4, 0.5) is 8.78 Å². The Bertz CT molecular complexity index is 536. The molecule has 108 valence electrons. The molecule has 1 atom stereocenters. The molecule has 0 radical (unpaired) electrons. The Kier molecular flexibility index (Phi) is 4.26. The highest BCUT2D eigenvalue weighted by Gasteiger charge is 2.31. The molecule has 0 saturated carbocycles. The van der Waals surface area contributed by atoms with Gasteiger partial charge in [0.15, 0.2) is 5.82 Å². The molecule has 1 unspecified atom stereocenters. The Morgan fingerprint density at radius 2 is 2.15 bits per heavy atom. The van der Waals surface area contributed by atoms with Gasteiger partial charge in [-0.25, -0.2) is 9.37 Å². The van der Waals surface area contributed by atoms with E-state index in [-0.39, 0.29) is 6.42 Å². The topological polar surface area (TPSA) is 70.5 Å². The van der Waals surface area contributed by atoms with Crippen molar-refractivity contribution in [2.75, 3.05) is 6.54 Å². The van der Waals surface area contributed by atoms with E-state index in [1.165, 1.54) is 4.90 Å². The number of carboxylic acids is 1. The fourth-order valence-corrected chi connectivity index (χ4v) is 2.42. The molecular formula is C13H14F2N2O3. The number of likely N-dealkylation sites (tertiary alicyclic amines) is 1. The van der Waals surface area contributed by atoms with Gasteiger partial charge in [0.2, 0.25) is 5.95 Å². The molecule has 2 heterocycles. The zero-order chi connectivity index (χ0) is 14.7. The third kappa shape index (κ3) is 2.92. The SMILES string of the molecule is O=C(O)CC1CCCCN1C(=O)c1ccnc(F)c1F. The molecule has 1 aliphatic heterocycles. The van der Waals surface area contributed by atoms with E-state index >= 15 is 0 Å². The van der Waals surface area contributed by atoms with Crippen molar-refractivity contribution in [3.8, 4) is 0 Å². The molecule has 0 aromatic carbocycles. The average Bonchev–Trinajstić information content (AvgIpc) is 2.41. The van der Waals surface area contributed by atoms with Crippen LogP contribution in [0.15, 0.2) is 12.3 Å². The lowest BCUT2D eigenvalue weighted by Crippen LogP contribution is -2.45. The standard InChI is InChI=1S/C13H14F2N2O3/c14-11-9(4-5-16-12(11)15)13(20)17-6-2-1-3-8(17)7-10(18)19/h4-5,8H,1-3,6-7H2,(H,18,19). The number of carbonyl (C=O) groups excluding carboxylic acids is 1. The van der Waals surface area contributed by atoms with Crippen molar-refractivity contribution >= 4 is 11.9 Å². The average molecular weight is 284 g/mol. The van der Waals surface area contributed by atoms with Crippen molar-refractivity contribution in [1.82, 2.24) is 9.88 Å². The first-order valence-corrected chi connectivity index (χ1v) is 6.33. The minimum absolute atomic E-state index is 0.194. The number of carboxylic acid groups (broad SMARTS) is 1. The molecule has 1 aliphatic rings. The molecule has 5 nitrogen and oxygen atoms in total. The molecule has 20 heavy (non-hydrogen) atoms. The van der Waals surface area contributed by atoms with Gasteiger partial charge in [-0.2, -0.15) is 4.39 Å². The van der Waals surface area contributed by atoms with Gasteiger partial charge in [-0.15, -0.1) is 0 Å². The Labute approximate surface area is 114 Å². The van der Waals surface area contributed by atoms with Crippen molar-refractivity contribution in [1.29, 1.82) is 0 Å². The highest BCUT2D eigenvalue weighted by Crippen LogP contribution is 2.23. The third-order valence-electron chi connectivity index (χ3n) is 3.38. The van der Waals surface area contributed by atoms with E-state index in [0.29, 0.717) is 13.0 Å². The smallest absolute Gasteiger partial charge is 0.305 e. The largest absolute Gasteiger partial charge is 0.481 e. The predicted octanol–water partition coefficient (Wildman–Crippen LogP) is 1.83. The molecule has 0 spiro atoms. The maximum Gasteiger partial charge on any atom is 0.305 e. The number of halogens is 2. The Morgan fingerprint density at radius 3 is 2.85 bits per heavy atom. The van der Waals surface area contributed by atoms with Crippen molar-refractivity contribution in [3.63, 3.8) is 0 Å². The van der Waals surface area contributed by atoms with Gasteiger partial charge in [0, 0.05) is 18.8 Å². The lowest BCUT2D eigenvalue weighted by atomic mass is 9.98. The highest BCUT2D eigenvalue weighted by atomic mass is 19.2. The van der Waals surface area contributed by atoms with E-state index in [0.717, 1.165) is 25.1 Å². The number of hydrogen-bond acceptors (Lipinski definition) is 3. The van der Waals surface area contributed by atoms with Crippen molar-refractivity contribution in [3.05, 3.63) is 29.6 Å². The quantitative estimate of drug-likeness (QED) is 0.860. The van der Waals surface area contributed by atoms with Crippen LogP contribution in [-0.2, 0) is 4.79 Å². The molecule has 1 N–H and O–H groups in total. The third-order valence-corrected chi connectivity index (χ3v) is 3.38. The van der Waals surface area contributed by atoms with Gasteiger partial charge in [-0.1, -0.05) is 0 Å². The van der Waals surface area contributed by atoms with Crippen LogP contribution >= 0.6 is 0 Å². The van der Waals surface area contributed by atoms with Crippen LogP contribution in [0.3, 0.4) is 0 Å². The first kappa shape index (κ1) is 14.4. The van der Waals surface area contributed by atoms with Gasteiger partial charge in [0.25, 0.3) is 5.91 Å². The lowest BCUT2D eigenvalue weighted by molar-refractivity contribution is -0.138. The monoisotopic (exact) mass is 284 g/mol. The summed E-state index contributed by atoms with van der Waals surface area (Å²) in [5.74, 6) is -4.33. The number of piperidine rings is 1. The number of hydrogen-bond donors (Lipinski definition) is 1. The molecule has 1 aromatic heterocycles. The second-order valence-electron chi connectivity index (χ2n) is 4.71. The van der Waals surface area contributed by atoms with Crippen LogP contribution in [0.25, 0.3) is 0 Å².